The van der Waals surface area contributed by atoms with E-state index in [1.165, 1.54) is 44.9 Å². The van der Waals surface area contributed by atoms with Crippen LogP contribution in [0.25, 0.3) is 0 Å². The van der Waals surface area contributed by atoms with Crippen molar-refractivity contribution >= 4 is 5.78 Å². The van der Waals surface area contributed by atoms with Gasteiger partial charge in [-0.15, -0.1) is 0 Å². The highest BCUT2D eigenvalue weighted by Gasteiger charge is 2.32. The molecular weight excluding hydrogens is 198 g/mol. The zero-order chi connectivity index (χ0) is 11.4. The average Bonchev–Trinajstić information content (AvgIpc) is 2.66. The fourth-order valence-corrected chi connectivity index (χ4v) is 3.43. The summed E-state index contributed by atoms with van der Waals surface area (Å²) in [4.78, 5) is 12.0. The maximum atomic E-state index is 12.0. The van der Waals surface area contributed by atoms with E-state index in [-0.39, 0.29) is 5.54 Å². The summed E-state index contributed by atoms with van der Waals surface area (Å²) in [5, 5.41) is 0. The van der Waals surface area contributed by atoms with E-state index in [2.05, 4.69) is 0 Å². The summed E-state index contributed by atoms with van der Waals surface area (Å²) in [6.07, 6.45) is 12.5. The molecule has 2 heteroatoms. The van der Waals surface area contributed by atoms with Crippen LogP contribution in [-0.4, -0.2) is 11.3 Å². The first kappa shape index (κ1) is 12.1. The van der Waals surface area contributed by atoms with Gasteiger partial charge in [-0.1, -0.05) is 44.9 Å². The number of rotatable bonds is 4. The third-order valence-corrected chi connectivity index (χ3v) is 4.39. The molecule has 2 N–H and O–H groups in total. The van der Waals surface area contributed by atoms with Crippen LogP contribution in [0.4, 0.5) is 0 Å². The number of carbonyl (C=O) groups is 1. The van der Waals surface area contributed by atoms with Crippen molar-refractivity contribution in [1.82, 2.24) is 0 Å². The van der Waals surface area contributed by atoms with Crippen LogP contribution in [-0.2, 0) is 4.79 Å². The van der Waals surface area contributed by atoms with Crippen LogP contribution < -0.4 is 5.73 Å². The summed E-state index contributed by atoms with van der Waals surface area (Å²) >= 11 is 0. The van der Waals surface area contributed by atoms with Gasteiger partial charge in [-0.05, 0) is 18.8 Å². The number of ketones is 1. The highest BCUT2D eigenvalue weighted by molar-refractivity contribution is 5.79. The lowest BCUT2D eigenvalue weighted by Gasteiger charge is -2.25. The standard InChI is InChI=1S/C14H25NO/c15-14(8-4-5-9-14)11-13(16)10-12-6-2-1-3-7-12/h12H,1-11,15H2. The third-order valence-electron chi connectivity index (χ3n) is 4.39. The Bertz CT molecular complexity index is 237. The number of Topliss-reactive ketones (excluding diaryl/α,β-unsaturated/α-hetero) is 1. The summed E-state index contributed by atoms with van der Waals surface area (Å²) in [6.45, 7) is 0. The van der Waals surface area contributed by atoms with Crippen LogP contribution in [0.15, 0.2) is 0 Å². The lowest BCUT2D eigenvalue weighted by Crippen LogP contribution is -2.39. The molecule has 2 aliphatic rings. The quantitative estimate of drug-likeness (QED) is 0.795. The van der Waals surface area contributed by atoms with Gasteiger partial charge in [-0.25, -0.2) is 0 Å². The van der Waals surface area contributed by atoms with Crippen molar-refractivity contribution < 1.29 is 4.79 Å². The first-order valence-corrected chi connectivity index (χ1v) is 6.99. The molecule has 0 aliphatic heterocycles. The van der Waals surface area contributed by atoms with E-state index in [0.29, 0.717) is 18.1 Å². The average molecular weight is 223 g/mol. The molecule has 2 aliphatic carbocycles. The van der Waals surface area contributed by atoms with Crippen LogP contribution in [0, 0.1) is 5.92 Å². The Labute approximate surface area is 99.0 Å². The van der Waals surface area contributed by atoms with Gasteiger partial charge in [0, 0.05) is 18.4 Å². The fraction of sp³-hybridized carbons (Fsp3) is 0.929. The van der Waals surface area contributed by atoms with E-state index in [0.717, 1.165) is 19.3 Å². The number of hydrogen-bond acceptors (Lipinski definition) is 2. The Morgan fingerprint density at radius 2 is 1.69 bits per heavy atom. The predicted molar refractivity (Wildman–Crippen MR) is 66.2 cm³/mol. The summed E-state index contributed by atoms with van der Waals surface area (Å²) in [5.74, 6) is 1.10. The normalized spacial score (nSPS) is 25.8. The minimum Gasteiger partial charge on any atom is -0.325 e. The fourth-order valence-electron chi connectivity index (χ4n) is 3.43. The van der Waals surface area contributed by atoms with Gasteiger partial charge in [0.2, 0.25) is 0 Å². The number of hydrogen-bond donors (Lipinski definition) is 1. The van der Waals surface area contributed by atoms with E-state index < -0.39 is 0 Å². The maximum Gasteiger partial charge on any atom is 0.135 e. The molecule has 2 fully saturated rings. The topological polar surface area (TPSA) is 43.1 Å². The molecule has 2 rings (SSSR count). The molecule has 0 spiro atoms. The molecule has 0 aromatic rings. The SMILES string of the molecule is NC1(CC(=O)CC2CCCCC2)CCCC1. The van der Waals surface area contributed by atoms with E-state index in [1.54, 1.807) is 0 Å². The van der Waals surface area contributed by atoms with Crippen molar-refractivity contribution in [2.75, 3.05) is 0 Å². The van der Waals surface area contributed by atoms with E-state index in [1.807, 2.05) is 0 Å². The van der Waals surface area contributed by atoms with Gasteiger partial charge in [-0.2, -0.15) is 0 Å². The van der Waals surface area contributed by atoms with Gasteiger partial charge in [-0.3, -0.25) is 4.79 Å². The second kappa shape index (κ2) is 5.31. The molecular formula is C14H25NO. The van der Waals surface area contributed by atoms with Crippen LogP contribution >= 0.6 is 0 Å². The molecule has 0 atom stereocenters. The molecule has 0 aromatic carbocycles. The minimum atomic E-state index is -0.133. The lowest BCUT2D eigenvalue weighted by molar-refractivity contribution is -0.121. The van der Waals surface area contributed by atoms with Crippen molar-refractivity contribution in [2.45, 2.75) is 76.2 Å². The lowest BCUT2D eigenvalue weighted by atomic mass is 9.83. The van der Waals surface area contributed by atoms with Crippen LogP contribution in [0.5, 0.6) is 0 Å². The zero-order valence-corrected chi connectivity index (χ0v) is 10.3. The van der Waals surface area contributed by atoms with E-state index in [4.69, 9.17) is 5.73 Å². The van der Waals surface area contributed by atoms with Crippen LogP contribution in [0.1, 0.15) is 70.6 Å². The first-order valence-electron chi connectivity index (χ1n) is 6.99. The van der Waals surface area contributed by atoms with Gasteiger partial charge in [0.05, 0.1) is 0 Å². The second-order valence-corrected chi connectivity index (χ2v) is 5.99. The van der Waals surface area contributed by atoms with Crippen molar-refractivity contribution in [3.05, 3.63) is 0 Å². The van der Waals surface area contributed by atoms with Crippen molar-refractivity contribution in [2.24, 2.45) is 11.7 Å². The Kier molecular flexibility index (Phi) is 4.01. The number of carbonyl (C=O) groups excluding carboxylic acids is 1. The van der Waals surface area contributed by atoms with Crippen molar-refractivity contribution in [1.29, 1.82) is 0 Å². The summed E-state index contributed by atoms with van der Waals surface area (Å²) < 4.78 is 0. The van der Waals surface area contributed by atoms with E-state index >= 15 is 0 Å². The van der Waals surface area contributed by atoms with Gasteiger partial charge in [0.15, 0.2) is 0 Å². The molecule has 0 amide bonds. The predicted octanol–water partition coefficient (Wildman–Crippen LogP) is 3.19. The highest BCUT2D eigenvalue weighted by Crippen LogP contribution is 2.32. The summed E-state index contributed by atoms with van der Waals surface area (Å²) in [5.41, 5.74) is 6.11. The van der Waals surface area contributed by atoms with Gasteiger partial charge in [0.1, 0.15) is 5.78 Å². The van der Waals surface area contributed by atoms with E-state index in [9.17, 15) is 4.79 Å². The molecule has 0 radical (unpaired) electrons. The molecule has 0 aromatic heterocycles. The van der Waals surface area contributed by atoms with Crippen molar-refractivity contribution in [3.8, 4) is 0 Å². The zero-order valence-electron chi connectivity index (χ0n) is 10.3. The van der Waals surface area contributed by atoms with Crippen molar-refractivity contribution in [3.63, 3.8) is 0 Å². The first-order chi connectivity index (χ1) is 7.68. The second-order valence-electron chi connectivity index (χ2n) is 5.99. The monoisotopic (exact) mass is 223 g/mol. The Balaban J connectivity index is 1.74. The van der Waals surface area contributed by atoms with Crippen LogP contribution in [0.2, 0.25) is 0 Å². The number of nitrogens with two attached hydrogens (primary N) is 1. The molecule has 2 saturated carbocycles. The van der Waals surface area contributed by atoms with Gasteiger partial charge < -0.3 is 5.73 Å². The molecule has 0 saturated heterocycles. The van der Waals surface area contributed by atoms with Gasteiger partial charge >= 0.3 is 0 Å². The molecule has 0 bridgehead atoms. The maximum absolute atomic E-state index is 12.0. The molecule has 92 valence electrons. The van der Waals surface area contributed by atoms with Gasteiger partial charge in [0.25, 0.3) is 0 Å². The molecule has 2 nitrogen and oxygen atoms in total. The molecule has 0 heterocycles. The minimum absolute atomic E-state index is 0.133. The third kappa shape index (κ3) is 3.31. The molecule has 16 heavy (non-hydrogen) atoms. The summed E-state index contributed by atoms with van der Waals surface area (Å²) in [6, 6.07) is 0. The van der Waals surface area contributed by atoms with Crippen LogP contribution in [0.3, 0.4) is 0 Å². The molecule has 0 unspecified atom stereocenters. The Morgan fingerprint density at radius 1 is 1.06 bits per heavy atom. The Hall–Kier alpha value is -0.370. The smallest absolute Gasteiger partial charge is 0.135 e. The largest absolute Gasteiger partial charge is 0.325 e. The Morgan fingerprint density at radius 3 is 2.31 bits per heavy atom. The highest BCUT2D eigenvalue weighted by atomic mass is 16.1. The summed E-state index contributed by atoms with van der Waals surface area (Å²) in [7, 11) is 0.